The lowest BCUT2D eigenvalue weighted by Crippen LogP contribution is -1.86. The van der Waals surface area contributed by atoms with E-state index in [1.165, 1.54) is 0 Å². The van der Waals surface area contributed by atoms with Crippen molar-refractivity contribution in [2.45, 2.75) is 6.92 Å². The molecule has 0 bridgehead atoms. The van der Waals surface area contributed by atoms with Crippen molar-refractivity contribution in [3.63, 3.8) is 0 Å². The van der Waals surface area contributed by atoms with Crippen LogP contribution in [-0.4, -0.2) is 14.6 Å². The summed E-state index contributed by atoms with van der Waals surface area (Å²) in [5, 5.41) is 5.43. The largest absolute Gasteiger partial charge is 0.221 e. The normalized spacial score (nSPS) is 11.1. The van der Waals surface area contributed by atoms with Gasteiger partial charge in [0.15, 0.2) is 11.5 Å². The molecule has 0 fully saturated rings. The number of aromatic nitrogens is 3. The number of hydrogen-bond acceptors (Lipinski definition) is 2. The third-order valence-corrected chi connectivity index (χ3v) is 3.41. The van der Waals surface area contributed by atoms with Crippen LogP contribution < -0.4 is 0 Å². The molecule has 0 aliphatic carbocycles. The third kappa shape index (κ3) is 1.96. The predicted octanol–water partition coefficient (Wildman–Crippen LogP) is 4.01. The van der Waals surface area contributed by atoms with Gasteiger partial charge in [-0.3, -0.25) is 0 Å². The van der Waals surface area contributed by atoms with E-state index in [1.54, 1.807) is 16.6 Å². The molecule has 0 radical (unpaired) electrons. The minimum absolute atomic E-state index is 0.504. The Bertz CT molecular complexity index is 734. The Balaban J connectivity index is 2.16. The Morgan fingerprint density at radius 1 is 1.06 bits per heavy atom. The summed E-state index contributed by atoms with van der Waals surface area (Å²) in [6.45, 7) is 2.02. The molecule has 3 nitrogen and oxygen atoms in total. The topological polar surface area (TPSA) is 30.2 Å². The van der Waals surface area contributed by atoms with Crippen LogP contribution in [0.2, 0.25) is 10.0 Å². The molecule has 18 heavy (non-hydrogen) atoms. The van der Waals surface area contributed by atoms with Gasteiger partial charge in [0.05, 0.1) is 10.0 Å². The highest BCUT2D eigenvalue weighted by atomic mass is 35.5. The molecule has 0 amide bonds. The molecule has 5 heteroatoms. The Morgan fingerprint density at radius 2 is 1.89 bits per heavy atom. The molecule has 0 unspecified atom stereocenters. The van der Waals surface area contributed by atoms with Crippen LogP contribution in [0, 0.1) is 6.92 Å². The molecule has 3 aromatic rings. The fourth-order valence-electron chi connectivity index (χ4n) is 1.74. The van der Waals surface area contributed by atoms with Crippen molar-refractivity contribution in [2.24, 2.45) is 0 Å². The maximum absolute atomic E-state index is 5.99. The maximum Gasteiger partial charge on any atom is 0.182 e. The maximum atomic E-state index is 5.99. The lowest BCUT2D eigenvalue weighted by molar-refractivity contribution is 0.962. The van der Waals surface area contributed by atoms with Crippen LogP contribution in [0.1, 0.15) is 5.56 Å². The fourth-order valence-corrected chi connectivity index (χ4v) is 2.04. The van der Waals surface area contributed by atoms with Crippen LogP contribution in [0.5, 0.6) is 0 Å². The quantitative estimate of drug-likeness (QED) is 0.673. The van der Waals surface area contributed by atoms with Gasteiger partial charge in [-0.05, 0) is 42.8 Å². The molecule has 0 N–H and O–H groups in total. The van der Waals surface area contributed by atoms with Crippen molar-refractivity contribution in [1.82, 2.24) is 14.6 Å². The van der Waals surface area contributed by atoms with Crippen LogP contribution >= 0.6 is 23.2 Å². The first kappa shape index (κ1) is 11.5. The van der Waals surface area contributed by atoms with Crippen molar-refractivity contribution in [3.8, 4) is 11.4 Å². The second kappa shape index (κ2) is 4.26. The molecule has 0 saturated heterocycles. The van der Waals surface area contributed by atoms with E-state index in [-0.39, 0.29) is 0 Å². The molecule has 0 saturated carbocycles. The summed E-state index contributed by atoms with van der Waals surface area (Å²) in [5.41, 5.74) is 2.82. The van der Waals surface area contributed by atoms with Crippen LogP contribution in [0.3, 0.4) is 0 Å². The highest BCUT2D eigenvalue weighted by molar-refractivity contribution is 6.42. The number of hydrogen-bond donors (Lipinski definition) is 0. The molecule has 3 rings (SSSR count). The number of pyridine rings is 1. The third-order valence-electron chi connectivity index (χ3n) is 2.67. The van der Waals surface area contributed by atoms with E-state index in [4.69, 9.17) is 23.2 Å². The summed E-state index contributed by atoms with van der Waals surface area (Å²) in [5.74, 6) is 0.638. The first-order chi connectivity index (χ1) is 8.63. The van der Waals surface area contributed by atoms with E-state index in [0.717, 1.165) is 16.8 Å². The summed E-state index contributed by atoms with van der Waals surface area (Å²) in [6, 6.07) is 9.34. The molecule has 0 aliphatic rings. The Labute approximate surface area is 114 Å². The summed E-state index contributed by atoms with van der Waals surface area (Å²) in [6.07, 6.45) is 1.89. The van der Waals surface area contributed by atoms with Crippen molar-refractivity contribution < 1.29 is 0 Å². The zero-order valence-electron chi connectivity index (χ0n) is 9.56. The van der Waals surface area contributed by atoms with Crippen LogP contribution in [0.4, 0.5) is 0 Å². The van der Waals surface area contributed by atoms with Crippen LogP contribution in [0.15, 0.2) is 36.5 Å². The highest BCUT2D eigenvalue weighted by Gasteiger charge is 2.08. The first-order valence-electron chi connectivity index (χ1n) is 5.42. The monoisotopic (exact) mass is 277 g/mol. The summed E-state index contributed by atoms with van der Waals surface area (Å²) >= 11 is 11.9. The summed E-state index contributed by atoms with van der Waals surface area (Å²) < 4.78 is 1.74. The minimum Gasteiger partial charge on any atom is -0.221 e. The molecule has 0 spiro atoms. The molecule has 0 atom stereocenters. The van der Waals surface area contributed by atoms with Gasteiger partial charge in [0.25, 0.3) is 0 Å². The van der Waals surface area contributed by atoms with E-state index in [1.807, 2.05) is 31.3 Å². The number of rotatable bonds is 1. The number of nitrogens with zero attached hydrogens (tertiary/aromatic N) is 3. The molecule has 0 aliphatic heterocycles. The van der Waals surface area contributed by atoms with Gasteiger partial charge in [0.1, 0.15) is 0 Å². The SMILES string of the molecule is Cc1ccn2nc(-c3ccc(Cl)c(Cl)c3)nc2c1. The van der Waals surface area contributed by atoms with Gasteiger partial charge in [-0.25, -0.2) is 9.50 Å². The summed E-state index contributed by atoms with van der Waals surface area (Å²) in [4.78, 5) is 4.46. The van der Waals surface area contributed by atoms with E-state index < -0.39 is 0 Å². The van der Waals surface area contributed by atoms with Crippen molar-refractivity contribution in [2.75, 3.05) is 0 Å². The molecule has 2 heterocycles. The van der Waals surface area contributed by atoms with E-state index in [2.05, 4.69) is 10.1 Å². The lowest BCUT2D eigenvalue weighted by Gasteiger charge is -1.97. The van der Waals surface area contributed by atoms with Gasteiger partial charge < -0.3 is 0 Å². The van der Waals surface area contributed by atoms with E-state index in [0.29, 0.717) is 15.9 Å². The zero-order valence-corrected chi connectivity index (χ0v) is 11.1. The van der Waals surface area contributed by atoms with E-state index >= 15 is 0 Å². The first-order valence-corrected chi connectivity index (χ1v) is 6.17. The average Bonchev–Trinajstić information content (AvgIpc) is 2.75. The van der Waals surface area contributed by atoms with Gasteiger partial charge in [-0.2, -0.15) is 0 Å². The summed E-state index contributed by atoms with van der Waals surface area (Å²) in [7, 11) is 0. The predicted molar refractivity (Wildman–Crippen MR) is 73.2 cm³/mol. The van der Waals surface area contributed by atoms with Crippen molar-refractivity contribution in [3.05, 3.63) is 52.1 Å². The standard InChI is InChI=1S/C13H9Cl2N3/c1-8-4-5-18-12(6-8)16-13(17-18)9-2-3-10(14)11(15)7-9/h2-7H,1H3. The minimum atomic E-state index is 0.504. The van der Waals surface area contributed by atoms with Gasteiger partial charge in [0.2, 0.25) is 0 Å². The number of fused-ring (bicyclic) bond motifs is 1. The van der Waals surface area contributed by atoms with Gasteiger partial charge >= 0.3 is 0 Å². The van der Waals surface area contributed by atoms with Crippen molar-refractivity contribution >= 4 is 28.8 Å². The Morgan fingerprint density at radius 3 is 2.67 bits per heavy atom. The second-order valence-electron chi connectivity index (χ2n) is 4.07. The van der Waals surface area contributed by atoms with Gasteiger partial charge in [0, 0.05) is 11.8 Å². The zero-order chi connectivity index (χ0) is 12.7. The number of halogens is 2. The van der Waals surface area contributed by atoms with Gasteiger partial charge in [-0.15, -0.1) is 5.10 Å². The number of benzene rings is 1. The smallest absolute Gasteiger partial charge is 0.182 e. The van der Waals surface area contributed by atoms with Crippen LogP contribution in [0.25, 0.3) is 17.0 Å². The lowest BCUT2D eigenvalue weighted by atomic mass is 10.2. The molecule has 90 valence electrons. The molecule has 1 aromatic carbocycles. The Hall–Kier alpha value is -1.58. The molecular formula is C13H9Cl2N3. The average molecular weight is 278 g/mol. The van der Waals surface area contributed by atoms with E-state index in [9.17, 15) is 0 Å². The van der Waals surface area contributed by atoms with Gasteiger partial charge in [-0.1, -0.05) is 23.2 Å². The second-order valence-corrected chi connectivity index (χ2v) is 4.89. The Kier molecular flexibility index (Phi) is 2.73. The molecular weight excluding hydrogens is 269 g/mol. The fraction of sp³-hybridized carbons (Fsp3) is 0.0769. The number of aryl methyl sites for hydroxylation is 1. The highest BCUT2D eigenvalue weighted by Crippen LogP contribution is 2.27. The molecule has 2 aromatic heterocycles. The van der Waals surface area contributed by atoms with Crippen molar-refractivity contribution in [1.29, 1.82) is 0 Å². The van der Waals surface area contributed by atoms with Crippen LogP contribution in [-0.2, 0) is 0 Å².